The third kappa shape index (κ3) is 1.84. The number of hydrogen-bond acceptors (Lipinski definition) is 3. The first-order chi connectivity index (χ1) is 8.86. The molecule has 3 rings (SSSR count). The number of nitrogens with one attached hydrogen (secondary N) is 1. The molecule has 0 aliphatic carbocycles. The Balaban J connectivity index is 2.08. The van der Waals surface area contributed by atoms with Crippen LogP contribution in [0.2, 0.25) is 0 Å². The number of para-hydroxylation sites is 2. The van der Waals surface area contributed by atoms with E-state index in [1.165, 1.54) is 0 Å². The Hall–Kier alpha value is -2.62. The molecule has 18 heavy (non-hydrogen) atoms. The van der Waals surface area contributed by atoms with Crippen molar-refractivity contribution in [3.8, 4) is 11.5 Å². The zero-order valence-electron chi connectivity index (χ0n) is 9.46. The molecule has 1 aromatic heterocycles. The van der Waals surface area contributed by atoms with Crippen molar-refractivity contribution in [3.05, 3.63) is 48.5 Å². The van der Waals surface area contributed by atoms with Crippen molar-refractivity contribution in [1.82, 2.24) is 4.98 Å². The smallest absolute Gasteiger partial charge is 0.227 e. The van der Waals surface area contributed by atoms with Crippen LogP contribution in [0.1, 0.15) is 0 Å². The molecule has 1 amide bonds. The summed E-state index contributed by atoms with van der Waals surface area (Å²) in [5, 5.41) is 2.60. The zero-order chi connectivity index (χ0) is 12.4. The second kappa shape index (κ2) is 4.33. The summed E-state index contributed by atoms with van der Waals surface area (Å²) in [6, 6.07) is 15.0. The molecule has 0 aliphatic rings. The maximum Gasteiger partial charge on any atom is 0.227 e. The van der Waals surface area contributed by atoms with E-state index in [-0.39, 0.29) is 0 Å². The van der Waals surface area contributed by atoms with E-state index in [2.05, 4.69) is 10.3 Å². The van der Waals surface area contributed by atoms with Gasteiger partial charge in [0.2, 0.25) is 12.3 Å². The normalized spacial score (nSPS) is 10.4. The summed E-state index contributed by atoms with van der Waals surface area (Å²) >= 11 is 0. The number of anilines is 1. The Morgan fingerprint density at radius 2 is 2.00 bits per heavy atom. The van der Waals surface area contributed by atoms with Gasteiger partial charge in [-0.05, 0) is 30.3 Å². The molecule has 0 saturated carbocycles. The summed E-state index contributed by atoms with van der Waals surface area (Å²) < 4.78 is 5.66. The third-order valence-corrected chi connectivity index (χ3v) is 2.63. The van der Waals surface area contributed by atoms with Crippen LogP contribution in [0.15, 0.2) is 52.9 Å². The van der Waals surface area contributed by atoms with E-state index in [9.17, 15) is 4.79 Å². The van der Waals surface area contributed by atoms with Gasteiger partial charge in [-0.15, -0.1) is 0 Å². The quantitative estimate of drug-likeness (QED) is 0.713. The van der Waals surface area contributed by atoms with Crippen molar-refractivity contribution in [2.45, 2.75) is 0 Å². The number of carbonyl (C=O) groups excluding carboxylic acids is 1. The van der Waals surface area contributed by atoms with E-state index < -0.39 is 0 Å². The second-order valence-corrected chi connectivity index (χ2v) is 3.83. The molecule has 88 valence electrons. The molecule has 0 radical (unpaired) electrons. The lowest BCUT2D eigenvalue weighted by molar-refractivity contribution is -0.105. The molecular formula is C14H10N2O2. The molecule has 0 spiro atoms. The minimum Gasteiger partial charge on any atom is -0.436 e. The maximum atomic E-state index is 10.4. The zero-order valence-corrected chi connectivity index (χ0v) is 9.46. The standard InChI is InChI=1S/C14H10N2O2/c17-9-15-11-5-3-4-10(8-11)14-16-12-6-1-2-7-13(12)18-14/h1-9H,(H,15,17). The lowest BCUT2D eigenvalue weighted by atomic mass is 10.2. The summed E-state index contributed by atoms with van der Waals surface area (Å²) in [7, 11) is 0. The van der Waals surface area contributed by atoms with Gasteiger partial charge in [0.1, 0.15) is 5.52 Å². The van der Waals surface area contributed by atoms with Gasteiger partial charge in [-0.3, -0.25) is 4.79 Å². The SMILES string of the molecule is O=CNc1cccc(-c2nc3ccccc3o2)c1. The fourth-order valence-corrected chi connectivity index (χ4v) is 1.81. The van der Waals surface area contributed by atoms with Crippen LogP contribution in [-0.4, -0.2) is 11.4 Å². The maximum absolute atomic E-state index is 10.4. The Morgan fingerprint density at radius 3 is 2.83 bits per heavy atom. The predicted octanol–water partition coefficient (Wildman–Crippen LogP) is 3.06. The molecule has 2 aromatic carbocycles. The third-order valence-electron chi connectivity index (χ3n) is 2.63. The van der Waals surface area contributed by atoms with Crippen molar-refractivity contribution < 1.29 is 9.21 Å². The minimum absolute atomic E-state index is 0.547. The number of aromatic nitrogens is 1. The Kier molecular flexibility index (Phi) is 2.53. The van der Waals surface area contributed by atoms with Gasteiger partial charge in [-0.25, -0.2) is 4.98 Å². The molecule has 0 bridgehead atoms. The van der Waals surface area contributed by atoms with Gasteiger partial charge in [0.05, 0.1) is 0 Å². The van der Waals surface area contributed by atoms with Gasteiger partial charge in [-0.2, -0.15) is 0 Å². The van der Waals surface area contributed by atoms with E-state index in [0.717, 1.165) is 16.7 Å². The molecule has 1 heterocycles. The predicted molar refractivity (Wildman–Crippen MR) is 69.1 cm³/mol. The van der Waals surface area contributed by atoms with Crippen LogP contribution in [0, 0.1) is 0 Å². The highest BCUT2D eigenvalue weighted by atomic mass is 16.3. The van der Waals surface area contributed by atoms with E-state index in [1.807, 2.05) is 42.5 Å². The summed E-state index contributed by atoms with van der Waals surface area (Å²) in [5.41, 5.74) is 3.12. The number of amides is 1. The van der Waals surface area contributed by atoms with Crippen molar-refractivity contribution in [2.24, 2.45) is 0 Å². The minimum atomic E-state index is 0.547. The number of oxazole rings is 1. The van der Waals surface area contributed by atoms with E-state index in [0.29, 0.717) is 18.0 Å². The molecule has 0 aliphatic heterocycles. The van der Waals surface area contributed by atoms with Gasteiger partial charge in [0, 0.05) is 11.3 Å². The van der Waals surface area contributed by atoms with Crippen molar-refractivity contribution >= 4 is 23.2 Å². The first-order valence-electron chi connectivity index (χ1n) is 5.53. The van der Waals surface area contributed by atoms with Crippen LogP contribution in [0.5, 0.6) is 0 Å². The molecule has 1 N–H and O–H groups in total. The van der Waals surface area contributed by atoms with Gasteiger partial charge < -0.3 is 9.73 Å². The Bertz CT molecular complexity index is 671. The van der Waals surface area contributed by atoms with Crippen LogP contribution in [0.4, 0.5) is 5.69 Å². The molecule has 0 saturated heterocycles. The van der Waals surface area contributed by atoms with Crippen LogP contribution >= 0.6 is 0 Å². The average molecular weight is 238 g/mol. The summed E-state index contributed by atoms with van der Waals surface area (Å²) in [6.07, 6.45) is 0.644. The average Bonchev–Trinajstić information content (AvgIpc) is 2.83. The van der Waals surface area contributed by atoms with Crippen molar-refractivity contribution in [3.63, 3.8) is 0 Å². The second-order valence-electron chi connectivity index (χ2n) is 3.83. The highest BCUT2D eigenvalue weighted by Crippen LogP contribution is 2.25. The molecule has 3 aromatic rings. The molecule has 4 heteroatoms. The molecular weight excluding hydrogens is 228 g/mol. The largest absolute Gasteiger partial charge is 0.436 e. The van der Waals surface area contributed by atoms with Crippen molar-refractivity contribution in [2.75, 3.05) is 5.32 Å². The highest BCUT2D eigenvalue weighted by molar-refractivity contribution is 5.78. The lowest BCUT2D eigenvalue weighted by Gasteiger charge is -1.99. The number of rotatable bonds is 3. The van der Waals surface area contributed by atoms with Crippen molar-refractivity contribution in [1.29, 1.82) is 0 Å². The van der Waals surface area contributed by atoms with Crippen LogP contribution in [-0.2, 0) is 4.79 Å². The fraction of sp³-hybridized carbons (Fsp3) is 0. The number of nitrogens with zero attached hydrogens (tertiary/aromatic N) is 1. The van der Waals surface area contributed by atoms with Gasteiger partial charge >= 0.3 is 0 Å². The number of fused-ring (bicyclic) bond motifs is 1. The monoisotopic (exact) mass is 238 g/mol. The molecule has 0 unspecified atom stereocenters. The van der Waals surface area contributed by atoms with E-state index >= 15 is 0 Å². The number of benzene rings is 2. The van der Waals surface area contributed by atoms with E-state index in [1.54, 1.807) is 6.07 Å². The summed E-state index contributed by atoms with van der Waals surface area (Å²) in [5.74, 6) is 0.547. The Labute approximate surface area is 103 Å². The van der Waals surface area contributed by atoms with Gasteiger partial charge in [0.25, 0.3) is 0 Å². The fourth-order valence-electron chi connectivity index (χ4n) is 1.81. The van der Waals surface area contributed by atoms with Crippen LogP contribution in [0.3, 0.4) is 0 Å². The number of hydrogen-bond donors (Lipinski definition) is 1. The summed E-state index contributed by atoms with van der Waals surface area (Å²) in [4.78, 5) is 14.8. The Morgan fingerprint density at radius 1 is 1.11 bits per heavy atom. The molecule has 4 nitrogen and oxygen atoms in total. The molecule has 0 fully saturated rings. The summed E-state index contributed by atoms with van der Waals surface area (Å²) in [6.45, 7) is 0. The van der Waals surface area contributed by atoms with Crippen LogP contribution in [0.25, 0.3) is 22.6 Å². The number of carbonyl (C=O) groups is 1. The van der Waals surface area contributed by atoms with Gasteiger partial charge in [0.15, 0.2) is 5.58 Å². The molecule has 0 atom stereocenters. The lowest BCUT2D eigenvalue weighted by Crippen LogP contribution is -1.93. The highest BCUT2D eigenvalue weighted by Gasteiger charge is 2.07. The van der Waals surface area contributed by atoms with Crippen LogP contribution < -0.4 is 5.32 Å². The first kappa shape index (κ1) is 10.5. The van der Waals surface area contributed by atoms with E-state index in [4.69, 9.17) is 4.42 Å². The topological polar surface area (TPSA) is 55.1 Å². The van der Waals surface area contributed by atoms with Gasteiger partial charge in [-0.1, -0.05) is 18.2 Å². The first-order valence-corrected chi connectivity index (χ1v) is 5.53.